The molecule has 0 fully saturated rings. The first-order chi connectivity index (χ1) is 20.9. The third-order valence-electron chi connectivity index (χ3n) is 6.48. The van der Waals surface area contributed by atoms with E-state index in [2.05, 4.69) is 10.4 Å². The van der Waals surface area contributed by atoms with Crippen molar-refractivity contribution in [1.82, 2.24) is 9.66 Å². The smallest absolute Gasteiger partial charge is 0.282 e. The minimum absolute atomic E-state index is 0.218. The summed E-state index contributed by atoms with van der Waals surface area (Å²) in [6, 6.07) is 25.9. The van der Waals surface area contributed by atoms with Gasteiger partial charge >= 0.3 is 0 Å². The van der Waals surface area contributed by atoms with Gasteiger partial charge in [0.15, 0.2) is 12.4 Å². The quantitative estimate of drug-likeness (QED) is 0.185. The fourth-order valence-electron chi connectivity index (χ4n) is 4.43. The van der Waals surface area contributed by atoms with Gasteiger partial charge in [0, 0.05) is 10.7 Å². The lowest BCUT2D eigenvalue weighted by molar-refractivity contribution is -0.118. The van der Waals surface area contributed by atoms with E-state index < -0.39 is 0 Å². The average Bonchev–Trinajstić information content (AvgIpc) is 3.46. The first-order valence-electron chi connectivity index (χ1n) is 13.0. The van der Waals surface area contributed by atoms with Crippen molar-refractivity contribution in [3.8, 4) is 23.1 Å². The van der Waals surface area contributed by atoms with Crippen LogP contribution >= 0.6 is 23.2 Å². The van der Waals surface area contributed by atoms with Gasteiger partial charge in [0.2, 0.25) is 5.82 Å². The van der Waals surface area contributed by atoms with Crippen LogP contribution in [0.3, 0.4) is 0 Å². The predicted octanol–water partition coefficient (Wildman–Crippen LogP) is 7.02. The van der Waals surface area contributed by atoms with E-state index in [0.29, 0.717) is 50.0 Å². The predicted molar refractivity (Wildman–Crippen MR) is 168 cm³/mol. The molecule has 0 aliphatic heterocycles. The molecule has 43 heavy (non-hydrogen) atoms. The maximum atomic E-state index is 13.6. The summed E-state index contributed by atoms with van der Waals surface area (Å²) in [5.41, 5.74) is 1.89. The van der Waals surface area contributed by atoms with Crippen molar-refractivity contribution in [2.45, 2.75) is 0 Å². The lowest BCUT2D eigenvalue weighted by atomic mass is 10.2. The van der Waals surface area contributed by atoms with E-state index in [4.69, 9.17) is 42.1 Å². The zero-order chi connectivity index (χ0) is 29.9. The van der Waals surface area contributed by atoms with E-state index >= 15 is 0 Å². The third-order valence-corrected chi connectivity index (χ3v) is 7.03. The molecule has 9 nitrogen and oxygen atoms in total. The van der Waals surface area contributed by atoms with E-state index in [0.717, 1.165) is 5.39 Å². The number of ether oxygens (including phenoxy) is 2. The van der Waals surface area contributed by atoms with Gasteiger partial charge in [-0.15, -0.1) is 0 Å². The van der Waals surface area contributed by atoms with Gasteiger partial charge in [-0.25, -0.2) is 4.98 Å². The Morgan fingerprint density at radius 3 is 2.58 bits per heavy atom. The number of methoxy groups -OCH3 is 1. The number of carbonyl (C=O) groups is 1. The fourth-order valence-corrected chi connectivity index (χ4v) is 4.79. The molecular weight excluding hydrogens is 591 g/mol. The van der Waals surface area contributed by atoms with Crippen LogP contribution in [0.5, 0.6) is 11.5 Å². The molecule has 2 heterocycles. The molecule has 11 heteroatoms. The number of furan rings is 1. The number of fused-ring (bicyclic) bond motifs is 2. The summed E-state index contributed by atoms with van der Waals surface area (Å²) in [5.74, 6) is 1.15. The van der Waals surface area contributed by atoms with Gasteiger partial charge in [0.05, 0.1) is 34.6 Å². The number of hydrogen-bond donors (Lipinski definition) is 1. The molecule has 0 saturated heterocycles. The molecule has 6 aromatic rings. The maximum absolute atomic E-state index is 13.6. The third kappa shape index (κ3) is 5.94. The minimum Gasteiger partial charge on any atom is -0.496 e. The Hall–Kier alpha value is -5.12. The largest absolute Gasteiger partial charge is 0.496 e. The summed E-state index contributed by atoms with van der Waals surface area (Å²) >= 11 is 12.3. The first-order valence-corrected chi connectivity index (χ1v) is 13.8. The highest BCUT2D eigenvalue weighted by atomic mass is 35.5. The van der Waals surface area contributed by atoms with Crippen molar-refractivity contribution in [3.63, 3.8) is 0 Å². The summed E-state index contributed by atoms with van der Waals surface area (Å²) in [6.45, 7) is -0.250. The summed E-state index contributed by atoms with van der Waals surface area (Å²) in [6.07, 6.45) is 1.48. The van der Waals surface area contributed by atoms with E-state index in [1.54, 1.807) is 86.0 Å². The second-order valence-electron chi connectivity index (χ2n) is 9.33. The van der Waals surface area contributed by atoms with Crippen molar-refractivity contribution in [2.75, 3.05) is 19.0 Å². The van der Waals surface area contributed by atoms with Crippen molar-refractivity contribution in [3.05, 3.63) is 117 Å². The molecule has 0 aliphatic rings. The van der Waals surface area contributed by atoms with E-state index in [1.165, 1.54) is 10.9 Å². The summed E-state index contributed by atoms with van der Waals surface area (Å²) < 4.78 is 18.3. The number of nitrogens with zero attached hydrogens (tertiary/aromatic N) is 3. The highest BCUT2D eigenvalue weighted by Crippen LogP contribution is 2.33. The summed E-state index contributed by atoms with van der Waals surface area (Å²) in [5, 5.41) is 9.15. The molecule has 2 aromatic heterocycles. The second kappa shape index (κ2) is 12.0. The van der Waals surface area contributed by atoms with Gasteiger partial charge in [-0.1, -0.05) is 41.4 Å². The van der Waals surface area contributed by atoms with Crippen LogP contribution in [0.15, 0.2) is 105 Å². The molecule has 0 spiro atoms. The van der Waals surface area contributed by atoms with E-state index in [1.807, 2.05) is 12.1 Å². The van der Waals surface area contributed by atoms with Crippen LogP contribution in [-0.4, -0.2) is 35.5 Å². The highest BCUT2D eigenvalue weighted by molar-refractivity contribution is 6.32. The van der Waals surface area contributed by atoms with Crippen molar-refractivity contribution in [2.24, 2.45) is 5.10 Å². The number of nitrogens with one attached hydrogen (secondary N) is 1. The normalized spacial score (nSPS) is 11.3. The molecule has 0 radical (unpaired) electrons. The first kappa shape index (κ1) is 28.0. The molecule has 214 valence electrons. The number of carbonyl (C=O) groups excluding carboxylic acids is 1. The second-order valence-corrected chi connectivity index (χ2v) is 10.2. The van der Waals surface area contributed by atoms with E-state index in [-0.39, 0.29) is 28.9 Å². The number of amides is 1. The zero-order valence-electron chi connectivity index (χ0n) is 22.6. The molecular formula is C32H22Cl2N4O5. The number of benzene rings is 4. The number of hydrogen-bond acceptors (Lipinski definition) is 7. The van der Waals surface area contributed by atoms with Crippen LogP contribution in [0.4, 0.5) is 5.69 Å². The van der Waals surface area contributed by atoms with Gasteiger partial charge in [-0.3, -0.25) is 9.59 Å². The SMILES string of the molecule is COc1cccc2oc(-c3nc4ccccc4c(=O)n3N=Cc3ccc(OCC(=O)Nc4ccc(Cl)cc4)c(Cl)c3)cc12. The molecule has 6 rings (SSSR count). The number of aromatic nitrogens is 2. The van der Waals surface area contributed by atoms with Gasteiger partial charge in [0.25, 0.3) is 11.5 Å². The Bertz CT molecular complexity index is 2070. The standard InChI is InChI=1S/C32H22Cl2N4O5/c1-41-26-7-4-8-27-23(26)16-29(43-27)31-37-25-6-3-2-5-22(25)32(40)38(31)35-17-19-9-14-28(24(34)15-19)42-18-30(39)36-21-12-10-20(33)11-13-21/h2-17H,18H2,1H3,(H,36,39). The number of anilines is 1. The number of rotatable bonds is 8. The number of halogens is 2. The topological polar surface area (TPSA) is 108 Å². The molecule has 1 N–H and O–H groups in total. The molecule has 0 bridgehead atoms. The Balaban J connectivity index is 1.28. The van der Waals surface area contributed by atoms with Gasteiger partial charge in [-0.05, 0) is 78.4 Å². The Labute approximate surface area is 254 Å². The van der Waals surface area contributed by atoms with Crippen molar-refractivity contribution >= 4 is 62.9 Å². The molecule has 0 unspecified atom stereocenters. The van der Waals surface area contributed by atoms with Gasteiger partial charge in [-0.2, -0.15) is 9.78 Å². The molecule has 0 aliphatic carbocycles. The Kier molecular flexibility index (Phi) is 7.83. The average molecular weight is 613 g/mol. The van der Waals surface area contributed by atoms with Gasteiger partial charge < -0.3 is 19.2 Å². The van der Waals surface area contributed by atoms with Crippen LogP contribution in [0.25, 0.3) is 33.5 Å². The molecule has 0 saturated carbocycles. The fraction of sp³-hybridized carbons (Fsp3) is 0.0625. The molecule has 4 aromatic carbocycles. The van der Waals surface area contributed by atoms with Crippen molar-refractivity contribution in [1.29, 1.82) is 0 Å². The monoisotopic (exact) mass is 612 g/mol. The van der Waals surface area contributed by atoms with Crippen LogP contribution in [0.2, 0.25) is 10.0 Å². The van der Waals surface area contributed by atoms with Crippen molar-refractivity contribution < 1.29 is 18.7 Å². The molecule has 1 amide bonds. The summed E-state index contributed by atoms with van der Waals surface area (Å²) in [7, 11) is 1.58. The highest BCUT2D eigenvalue weighted by Gasteiger charge is 2.18. The van der Waals surface area contributed by atoms with Crippen LogP contribution in [-0.2, 0) is 4.79 Å². The van der Waals surface area contributed by atoms with E-state index in [9.17, 15) is 9.59 Å². The van der Waals surface area contributed by atoms with Crippen LogP contribution < -0.4 is 20.3 Å². The van der Waals surface area contributed by atoms with Crippen LogP contribution in [0, 0.1) is 0 Å². The Morgan fingerprint density at radius 2 is 1.79 bits per heavy atom. The maximum Gasteiger partial charge on any atom is 0.282 e. The number of para-hydroxylation sites is 1. The Morgan fingerprint density at radius 1 is 0.977 bits per heavy atom. The lowest BCUT2D eigenvalue weighted by Crippen LogP contribution is -2.20. The lowest BCUT2D eigenvalue weighted by Gasteiger charge is -2.10. The molecule has 0 atom stereocenters. The zero-order valence-corrected chi connectivity index (χ0v) is 24.1. The van der Waals surface area contributed by atoms with Gasteiger partial charge in [0.1, 0.15) is 17.1 Å². The minimum atomic E-state index is -0.373. The van der Waals surface area contributed by atoms with Crippen LogP contribution in [0.1, 0.15) is 5.56 Å². The summed E-state index contributed by atoms with van der Waals surface area (Å²) in [4.78, 5) is 30.5.